The van der Waals surface area contributed by atoms with Gasteiger partial charge in [-0.2, -0.15) is 0 Å². The van der Waals surface area contributed by atoms with Crippen LogP contribution in [0.15, 0.2) is 30.9 Å². The predicted molar refractivity (Wildman–Crippen MR) is 76.1 cm³/mol. The van der Waals surface area contributed by atoms with Crippen molar-refractivity contribution in [1.82, 2.24) is 5.32 Å². The van der Waals surface area contributed by atoms with Crippen LogP contribution in [0.5, 0.6) is 0 Å². The molecule has 1 rings (SSSR count). The highest BCUT2D eigenvalue weighted by atomic mass is 35.5. The molecular formula is C13H15ClN2O4. The molecular weight excluding hydrogens is 284 g/mol. The number of hydrogen-bond acceptors (Lipinski definition) is 4. The van der Waals surface area contributed by atoms with Crippen LogP contribution in [0.2, 0.25) is 5.02 Å². The third kappa shape index (κ3) is 4.99. The molecule has 0 radical (unpaired) electrons. The van der Waals surface area contributed by atoms with Gasteiger partial charge in [0, 0.05) is 18.7 Å². The maximum atomic E-state index is 11.8. The van der Waals surface area contributed by atoms with E-state index in [1.807, 2.05) is 0 Å². The lowest BCUT2D eigenvalue weighted by atomic mass is 10.2. The van der Waals surface area contributed by atoms with Crippen LogP contribution >= 0.6 is 11.6 Å². The van der Waals surface area contributed by atoms with Gasteiger partial charge in [-0.1, -0.05) is 17.7 Å². The van der Waals surface area contributed by atoms with Crippen LogP contribution in [0.25, 0.3) is 0 Å². The van der Waals surface area contributed by atoms with Crippen LogP contribution in [0.3, 0.4) is 0 Å². The van der Waals surface area contributed by atoms with E-state index in [9.17, 15) is 14.9 Å². The van der Waals surface area contributed by atoms with Crippen molar-refractivity contribution in [1.29, 1.82) is 0 Å². The Morgan fingerprint density at radius 1 is 1.50 bits per heavy atom. The monoisotopic (exact) mass is 298 g/mol. The molecule has 0 unspecified atom stereocenters. The Hall–Kier alpha value is -1.92. The Bertz CT molecular complexity index is 505. The highest BCUT2D eigenvalue weighted by Crippen LogP contribution is 2.21. The van der Waals surface area contributed by atoms with Crippen molar-refractivity contribution < 1.29 is 14.5 Å². The molecule has 0 fully saturated rings. The number of nitro groups is 1. The van der Waals surface area contributed by atoms with Crippen molar-refractivity contribution in [2.24, 2.45) is 0 Å². The fraction of sp³-hybridized carbons (Fsp3) is 0.308. The van der Waals surface area contributed by atoms with Crippen molar-refractivity contribution in [2.45, 2.75) is 6.42 Å². The van der Waals surface area contributed by atoms with Gasteiger partial charge in [0.05, 0.1) is 28.7 Å². The summed E-state index contributed by atoms with van der Waals surface area (Å²) in [4.78, 5) is 21.9. The maximum Gasteiger partial charge on any atom is 0.270 e. The van der Waals surface area contributed by atoms with Gasteiger partial charge in [0.25, 0.3) is 11.6 Å². The number of amides is 1. The van der Waals surface area contributed by atoms with E-state index >= 15 is 0 Å². The number of carbonyl (C=O) groups excluding carboxylic acids is 1. The highest BCUT2D eigenvalue weighted by molar-refractivity contribution is 6.33. The maximum absolute atomic E-state index is 11.8. The van der Waals surface area contributed by atoms with Crippen molar-refractivity contribution in [2.75, 3.05) is 19.8 Å². The first kappa shape index (κ1) is 16.1. The fourth-order valence-electron chi connectivity index (χ4n) is 1.40. The Balaban J connectivity index is 2.52. The van der Waals surface area contributed by atoms with Gasteiger partial charge in [-0.05, 0) is 12.5 Å². The third-order valence-corrected chi connectivity index (χ3v) is 2.73. The predicted octanol–water partition coefficient (Wildman–Crippen LogP) is 2.57. The van der Waals surface area contributed by atoms with Gasteiger partial charge in [0.2, 0.25) is 0 Å². The topological polar surface area (TPSA) is 81.5 Å². The molecule has 6 nitrogen and oxygen atoms in total. The van der Waals surface area contributed by atoms with Crippen LogP contribution in [0.1, 0.15) is 16.8 Å². The van der Waals surface area contributed by atoms with Gasteiger partial charge in [0.1, 0.15) is 0 Å². The minimum Gasteiger partial charge on any atom is -0.379 e. The number of non-ortho nitro benzene ring substituents is 1. The van der Waals surface area contributed by atoms with E-state index in [-0.39, 0.29) is 16.3 Å². The minimum absolute atomic E-state index is 0.0759. The van der Waals surface area contributed by atoms with Crippen molar-refractivity contribution in [3.63, 3.8) is 0 Å². The second kappa shape index (κ2) is 8.29. The summed E-state index contributed by atoms with van der Waals surface area (Å²) in [6.45, 7) is 4.75. The quantitative estimate of drug-likeness (QED) is 0.346. The molecule has 0 aliphatic carbocycles. The number of rotatable bonds is 8. The zero-order valence-corrected chi connectivity index (χ0v) is 11.6. The second-order valence-electron chi connectivity index (χ2n) is 3.87. The number of nitrogens with zero attached hydrogens (tertiary/aromatic N) is 1. The van der Waals surface area contributed by atoms with Crippen LogP contribution in [0.4, 0.5) is 5.69 Å². The molecule has 1 aromatic carbocycles. The first-order valence-electron chi connectivity index (χ1n) is 5.97. The lowest BCUT2D eigenvalue weighted by Gasteiger charge is -2.07. The summed E-state index contributed by atoms with van der Waals surface area (Å²) >= 11 is 5.85. The van der Waals surface area contributed by atoms with Crippen molar-refractivity contribution in [3.05, 3.63) is 51.6 Å². The summed E-state index contributed by atoms with van der Waals surface area (Å²) in [5.74, 6) is -0.467. The summed E-state index contributed by atoms with van der Waals surface area (Å²) in [6.07, 6.45) is 2.48. The Labute approximate surface area is 121 Å². The molecule has 0 aliphatic heterocycles. The first-order chi connectivity index (χ1) is 9.56. The summed E-state index contributed by atoms with van der Waals surface area (Å²) < 4.78 is 5.23. The minimum atomic E-state index is -0.578. The largest absolute Gasteiger partial charge is 0.379 e. The number of ether oxygens (including phenoxy) is 1. The average molecular weight is 299 g/mol. The molecule has 20 heavy (non-hydrogen) atoms. The number of carbonyl (C=O) groups is 1. The zero-order chi connectivity index (χ0) is 15.0. The number of nitrogens with one attached hydrogen (secondary N) is 1. The summed E-state index contributed by atoms with van der Waals surface area (Å²) in [6, 6.07) is 3.73. The van der Waals surface area contributed by atoms with Gasteiger partial charge in [-0.15, -0.1) is 6.58 Å². The summed E-state index contributed by atoms with van der Waals surface area (Å²) in [5.41, 5.74) is -0.103. The van der Waals surface area contributed by atoms with Crippen LogP contribution in [0, 0.1) is 10.1 Å². The van der Waals surface area contributed by atoms with E-state index in [0.717, 1.165) is 12.5 Å². The van der Waals surface area contributed by atoms with Gasteiger partial charge < -0.3 is 10.1 Å². The molecule has 0 aromatic heterocycles. The Morgan fingerprint density at radius 3 is 2.90 bits per heavy atom. The molecule has 0 bridgehead atoms. The molecule has 1 amide bonds. The Kier molecular flexibility index (Phi) is 6.69. The van der Waals surface area contributed by atoms with Gasteiger partial charge >= 0.3 is 0 Å². The summed E-state index contributed by atoms with van der Waals surface area (Å²) in [7, 11) is 0. The molecule has 7 heteroatoms. The summed E-state index contributed by atoms with van der Waals surface area (Å²) in [5, 5.41) is 13.4. The number of halogens is 1. The second-order valence-corrected chi connectivity index (χ2v) is 4.27. The number of nitro benzene ring substituents is 1. The van der Waals surface area contributed by atoms with E-state index in [1.54, 1.807) is 6.08 Å². The molecule has 1 aromatic rings. The lowest BCUT2D eigenvalue weighted by molar-refractivity contribution is -0.384. The molecule has 0 heterocycles. The normalized spacial score (nSPS) is 10.1. The van der Waals surface area contributed by atoms with E-state index in [4.69, 9.17) is 16.3 Å². The fourth-order valence-corrected chi connectivity index (χ4v) is 1.60. The highest BCUT2D eigenvalue weighted by Gasteiger charge is 2.15. The van der Waals surface area contributed by atoms with E-state index in [2.05, 4.69) is 11.9 Å². The molecule has 108 valence electrons. The van der Waals surface area contributed by atoms with Crippen LogP contribution in [-0.4, -0.2) is 30.6 Å². The molecule has 0 saturated heterocycles. The smallest absolute Gasteiger partial charge is 0.270 e. The number of benzene rings is 1. The van der Waals surface area contributed by atoms with Gasteiger partial charge in [0.15, 0.2) is 0 Å². The van der Waals surface area contributed by atoms with Gasteiger partial charge in [-0.25, -0.2) is 0 Å². The first-order valence-corrected chi connectivity index (χ1v) is 6.35. The van der Waals surface area contributed by atoms with Crippen molar-refractivity contribution in [3.8, 4) is 0 Å². The standard InChI is InChI=1S/C13H15ClN2O4/c1-2-3-7-20-8-6-15-13(17)11-9-10(16(18)19)4-5-12(11)14/h2,4-5,9H,1,3,6-8H2,(H,15,17). The van der Waals surface area contributed by atoms with Crippen LogP contribution < -0.4 is 5.32 Å². The molecule has 0 aliphatic rings. The molecule has 0 atom stereocenters. The average Bonchev–Trinajstić information content (AvgIpc) is 2.42. The van der Waals surface area contributed by atoms with E-state index in [0.29, 0.717) is 19.8 Å². The zero-order valence-electron chi connectivity index (χ0n) is 10.8. The van der Waals surface area contributed by atoms with E-state index in [1.165, 1.54) is 12.1 Å². The third-order valence-electron chi connectivity index (χ3n) is 2.40. The molecule has 0 spiro atoms. The Morgan fingerprint density at radius 2 is 2.25 bits per heavy atom. The van der Waals surface area contributed by atoms with Crippen molar-refractivity contribution >= 4 is 23.2 Å². The lowest BCUT2D eigenvalue weighted by Crippen LogP contribution is -2.27. The molecule has 0 saturated carbocycles. The number of hydrogen-bond donors (Lipinski definition) is 1. The SMILES string of the molecule is C=CCCOCCNC(=O)c1cc([N+](=O)[O-])ccc1Cl. The van der Waals surface area contributed by atoms with Gasteiger partial charge in [-0.3, -0.25) is 14.9 Å². The van der Waals surface area contributed by atoms with E-state index < -0.39 is 10.8 Å². The molecule has 1 N–H and O–H groups in total. The van der Waals surface area contributed by atoms with Crippen LogP contribution in [-0.2, 0) is 4.74 Å².